The van der Waals surface area contributed by atoms with Crippen molar-refractivity contribution in [3.8, 4) is 5.75 Å². The second kappa shape index (κ2) is 5.78. The van der Waals surface area contributed by atoms with E-state index in [-0.39, 0.29) is 17.7 Å². The first-order valence-electron chi connectivity index (χ1n) is 6.29. The first-order valence-corrected chi connectivity index (χ1v) is 6.82. The Balaban J connectivity index is 2.24. The number of methoxy groups -OCH3 is 1. The first kappa shape index (κ1) is 14.1. The second-order valence-corrected chi connectivity index (χ2v) is 5.14. The van der Waals surface area contributed by atoms with E-state index in [1.165, 1.54) is 25.3 Å². The lowest BCUT2D eigenvalue weighted by atomic mass is 10.0. The van der Waals surface area contributed by atoms with E-state index in [0.29, 0.717) is 23.9 Å². The Labute approximate surface area is 117 Å². The van der Waals surface area contributed by atoms with E-state index in [2.05, 4.69) is 6.92 Å². The highest BCUT2D eigenvalue weighted by atomic mass is 35.5. The molecule has 3 nitrogen and oxygen atoms in total. The van der Waals surface area contributed by atoms with Crippen LogP contribution in [0.3, 0.4) is 0 Å². The molecule has 0 bridgehead atoms. The molecule has 2 unspecified atom stereocenters. The zero-order valence-corrected chi connectivity index (χ0v) is 11.8. The largest absolute Gasteiger partial charge is 0.494 e. The Bertz CT molecular complexity index is 481. The van der Waals surface area contributed by atoms with Crippen molar-refractivity contribution < 1.29 is 13.9 Å². The maximum absolute atomic E-state index is 13.3. The van der Waals surface area contributed by atoms with Gasteiger partial charge in [-0.25, -0.2) is 4.39 Å². The van der Waals surface area contributed by atoms with E-state index in [4.69, 9.17) is 16.3 Å². The first-order chi connectivity index (χ1) is 9.08. The molecule has 19 heavy (non-hydrogen) atoms. The molecule has 104 valence electrons. The number of carbonyl (C=O) groups excluding carboxylic acids is 1. The van der Waals surface area contributed by atoms with Crippen molar-refractivity contribution in [1.82, 2.24) is 4.90 Å². The summed E-state index contributed by atoms with van der Waals surface area (Å²) >= 11 is 5.93. The van der Waals surface area contributed by atoms with Crippen LogP contribution in [0.5, 0.6) is 5.75 Å². The number of hydrogen-bond donors (Lipinski definition) is 0. The van der Waals surface area contributed by atoms with Gasteiger partial charge >= 0.3 is 0 Å². The highest BCUT2D eigenvalue weighted by molar-refractivity contribution is 6.18. The molecule has 2 atom stereocenters. The predicted molar refractivity (Wildman–Crippen MR) is 72.3 cm³/mol. The fraction of sp³-hybridized carbons (Fsp3) is 0.500. The molecule has 1 aliphatic rings. The van der Waals surface area contributed by atoms with E-state index in [1.54, 1.807) is 4.90 Å². The van der Waals surface area contributed by atoms with Crippen LogP contribution in [0, 0.1) is 11.7 Å². The lowest BCUT2D eigenvalue weighted by Gasteiger charge is -2.25. The Kier molecular flexibility index (Phi) is 4.30. The highest BCUT2D eigenvalue weighted by Crippen LogP contribution is 2.27. The van der Waals surface area contributed by atoms with E-state index >= 15 is 0 Å². The molecule has 1 saturated heterocycles. The predicted octanol–water partition coefficient (Wildman–Crippen LogP) is 2.92. The lowest BCUT2D eigenvalue weighted by molar-refractivity contribution is 0.0736. The number of hydrogen-bond acceptors (Lipinski definition) is 2. The van der Waals surface area contributed by atoms with Gasteiger partial charge in [-0.15, -0.1) is 11.6 Å². The van der Waals surface area contributed by atoms with Gasteiger partial charge in [0, 0.05) is 24.0 Å². The van der Waals surface area contributed by atoms with Crippen LogP contribution in [-0.2, 0) is 0 Å². The summed E-state index contributed by atoms with van der Waals surface area (Å²) in [6.07, 6.45) is 0.946. The Hall–Kier alpha value is -1.29. The van der Waals surface area contributed by atoms with Gasteiger partial charge in [-0.05, 0) is 30.5 Å². The normalized spacial score (nSPS) is 22.6. The minimum Gasteiger partial charge on any atom is -0.494 e. The maximum Gasteiger partial charge on any atom is 0.254 e. The van der Waals surface area contributed by atoms with Crippen LogP contribution < -0.4 is 4.74 Å². The van der Waals surface area contributed by atoms with Crippen molar-refractivity contribution in [2.75, 3.05) is 19.5 Å². The van der Waals surface area contributed by atoms with E-state index in [9.17, 15) is 9.18 Å². The summed E-state index contributed by atoms with van der Waals surface area (Å²) in [6.45, 7) is 2.78. The molecule has 2 rings (SSSR count). The Morgan fingerprint density at radius 1 is 1.58 bits per heavy atom. The van der Waals surface area contributed by atoms with Crippen LogP contribution in [0.15, 0.2) is 18.2 Å². The van der Waals surface area contributed by atoms with Crippen LogP contribution in [0.4, 0.5) is 4.39 Å². The third kappa shape index (κ3) is 2.68. The number of amides is 1. The van der Waals surface area contributed by atoms with Crippen molar-refractivity contribution in [3.05, 3.63) is 29.6 Å². The summed E-state index contributed by atoms with van der Waals surface area (Å²) in [6, 6.07) is 4.21. The van der Waals surface area contributed by atoms with Gasteiger partial charge < -0.3 is 9.64 Å². The topological polar surface area (TPSA) is 29.5 Å². The highest BCUT2D eigenvalue weighted by Gasteiger charge is 2.34. The quantitative estimate of drug-likeness (QED) is 0.799. The number of carbonyl (C=O) groups is 1. The SMILES string of the molecule is COc1cc(C(=O)N2CCC(C)C2CCl)ccc1F. The maximum atomic E-state index is 13.3. The van der Waals surface area contributed by atoms with Crippen LogP contribution in [0.25, 0.3) is 0 Å². The molecule has 5 heteroatoms. The van der Waals surface area contributed by atoms with Gasteiger partial charge in [-0.1, -0.05) is 6.92 Å². The summed E-state index contributed by atoms with van der Waals surface area (Å²) in [7, 11) is 1.38. The molecular formula is C14H17ClFNO2. The van der Waals surface area contributed by atoms with E-state index < -0.39 is 5.82 Å². The Morgan fingerprint density at radius 3 is 2.95 bits per heavy atom. The summed E-state index contributed by atoms with van der Waals surface area (Å²) in [4.78, 5) is 14.2. The summed E-state index contributed by atoms with van der Waals surface area (Å²) < 4.78 is 18.2. The zero-order valence-electron chi connectivity index (χ0n) is 11.0. The smallest absolute Gasteiger partial charge is 0.254 e. The fourth-order valence-electron chi connectivity index (χ4n) is 2.45. The van der Waals surface area contributed by atoms with Crippen LogP contribution in [-0.4, -0.2) is 36.4 Å². The molecule has 1 aliphatic heterocycles. The van der Waals surface area contributed by atoms with Gasteiger partial charge in [0.15, 0.2) is 11.6 Å². The number of likely N-dealkylation sites (tertiary alicyclic amines) is 1. The van der Waals surface area contributed by atoms with Gasteiger partial charge in [0.25, 0.3) is 5.91 Å². The van der Waals surface area contributed by atoms with Gasteiger partial charge in [-0.2, -0.15) is 0 Å². The zero-order chi connectivity index (χ0) is 14.0. The molecule has 0 aliphatic carbocycles. The second-order valence-electron chi connectivity index (χ2n) is 4.84. The molecule has 1 aromatic carbocycles. The van der Waals surface area contributed by atoms with Gasteiger partial charge in [0.1, 0.15) is 0 Å². The van der Waals surface area contributed by atoms with Crippen molar-refractivity contribution >= 4 is 17.5 Å². The van der Waals surface area contributed by atoms with Crippen LogP contribution in [0.2, 0.25) is 0 Å². The molecular weight excluding hydrogens is 269 g/mol. The molecule has 0 saturated carbocycles. The third-order valence-corrected chi connectivity index (χ3v) is 4.02. The molecule has 0 spiro atoms. The van der Waals surface area contributed by atoms with Gasteiger partial charge in [0.2, 0.25) is 0 Å². The fourth-order valence-corrected chi connectivity index (χ4v) is 2.93. The summed E-state index contributed by atoms with van der Waals surface area (Å²) in [5.74, 6) is 0.311. The number of nitrogens with zero attached hydrogens (tertiary/aromatic N) is 1. The molecule has 0 radical (unpaired) electrons. The average Bonchev–Trinajstić information content (AvgIpc) is 2.79. The van der Waals surface area contributed by atoms with E-state index in [1.807, 2.05) is 0 Å². The molecule has 1 amide bonds. The van der Waals surface area contributed by atoms with Crippen molar-refractivity contribution in [1.29, 1.82) is 0 Å². The minimum atomic E-state index is -0.470. The van der Waals surface area contributed by atoms with Crippen molar-refractivity contribution in [2.45, 2.75) is 19.4 Å². The standard InChI is InChI=1S/C14H17ClFNO2/c1-9-5-6-17(12(9)8-15)14(18)10-3-4-11(16)13(7-10)19-2/h3-4,7,9,12H,5-6,8H2,1-2H3. The molecule has 0 aromatic heterocycles. The van der Waals surface area contributed by atoms with Crippen LogP contribution >= 0.6 is 11.6 Å². The average molecular weight is 286 g/mol. The van der Waals surface area contributed by atoms with E-state index in [0.717, 1.165) is 6.42 Å². The third-order valence-electron chi connectivity index (χ3n) is 3.70. The minimum absolute atomic E-state index is 0.0465. The number of halogens is 2. The molecule has 1 aromatic rings. The summed E-state index contributed by atoms with van der Waals surface area (Å²) in [5.41, 5.74) is 0.433. The monoisotopic (exact) mass is 285 g/mol. The molecule has 0 N–H and O–H groups in total. The van der Waals surface area contributed by atoms with Gasteiger partial charge in [0.05, 0.1) is 7.11 Å². The van der Waals surface area contributed by atoms with Crippen molar-refractivity contribution in [2.24, 2.45) is 5.92 Å². The number of rotatable bonds is 3. The number of benzene rings is 1. The summed E-state index contributed by atoms with van der Waals surface area (Å²) in [5, 5.41) is 0. The molecule has 1 heterocycles. The number of ether oxygens (including phenoxy) is 1. The Morgan fingerprint density at radius 2 is 2.32 bits per heavy atom. The van der Waals surface area contributed by atoms with Crippen molar-refractivity contribution in [3.63, 3.8) is 0 Å². The molecule has 1 fully saturated rings. The lowest BCUT2D eigenvalue weighted by Crippen LogP contribution is -2.38. The van der Waals surface area contributed by atoms with Crippen LogP contribution in [0.1, 0.15) is 23.7 Å². The number of alkyl halides is 1. The van der Waals surface area contributed by atoms with Gasteiger partial charge in [-0.3, -0.25) is 4.79 Å².